The third kappa shape index (κ3) is 5.99. The van der Waals surface area contributed by atoms with Gasteiger partial charge in [0, 0.05) is 34.3 Å². The van der Waals surface area contributed by atoms with E-state index >= 15 is 0 Å². The van der Waals surface area contributed by atoms with E-state index in [1.165, 1.54) is 18.2 Å². The van der Waals surface area contributed by atoms with Gasteiger partial charge >= 0.3 is 6.18 Å². The minimum atomic E-state index is -4.43. The van der Waals surface area contributed by atoms with Gasteiger partial charge in [-0.15, -0.1) is 11.3 Å². The number of ketones is 1. The number of aryl methyl sites for hydroxylation is 1. The predicted molar refractivity (Wildman–Crippen MR) is 139 cm³/mol. The molecule has 2 heterocycles. The molecule has 0 bridgehead atoms. The molecule has 3 aromatic rings. The second kappa shape index (κ2) is 11.2. The number of nitriles is 1. The molecular weight excluding hydrogens is 546 g/mol. The van der Waals surface area contributed by atoms with Gasteiger partial charge in [-0.2, -0.15) is 18.4 Å². The minimum Gasteiger partial charge on any atom is -0.378 e. The lowest BCUT2D eigenvalue weighted by Crippen LogP contribution is -2.36. The Morgan fingerprint density at radius 2 is 1.81 bits per heavy atom. The normalized spacial score (nSPS) is 13.9. The van der Waals surface area contributed by atoms with Crippen LogP contribution in [0.3, 0.4) is 0 Å². The van der Waals surface area contributed by atoms with Crippen LogP contribution in [0.1, 0.15) is 32.8 Å². The number of rotatable bonds is 7. The highest BCUT2D eigenvalue weighted by Gasteiger charge is 2.31. The van der Waals surface area contributed by atoms with E-state index in [4.69, 9.17) is 33.3 Å². The summed E-state index contributed by atoms with van der Waals surface area (Å²) in [4.78, 5) is 15.7. The molecule has 1 saturated heterocycles. The lowest BCUT2D eigenvalue weighted by atomic mass is 9.96. The van der Waals surface area contributed by atoms with E-state index in [0.717, 1.165) is 23.5 Å². The third-order valence-electron chi connectivity index (χ3n) is 5.93. The van der Waals surface area contributed by atoms with Crippen LogP contribution in [-0.4, -0.2) is 37.8 Å². The van der Waals surface area contributed by atoms with Crippen LogP contribution in [-0.2, 0) is 17.3 Å². The van der Waals surface area contributed by atoms with Gasteiger partial charge in [-0.3, -0.25) is 4.79 Å². The molecule has 0 atom stereocenters. The van der Waals surface area contributed by atoms with Crippen LogP contribution in [0.15, 0.2) is 42.5 Å². The number of nitrogens with zero attached hydrogens (tertiary/aromatic N) is 2. The van der Waals surface area contributed by atoms with Crippen molar-refractivity contribution in [1.82, 2.24) is 0 Å². The zero-order valence-electron chi connectivity index (χ0n) is 19.3. The minimum absolute atomic E-state index is 0.0185. The van der Waals surface area contributed by atoms with Crippen molar-refractivity contribution in [2.24, 2.45) is 0 Å². The van der Waals surface area contributed by atoms with Gasteiger partial charge in [-0.05, 0) is 42.7 Å². The van der Waals surface area contributed by atoms with Crippen molar-refractivity contribution in [3.8, 4) is 17.2 Å². The number of alkyl halides is 3. The molecule has 37 heavy (non-hydrogen) atoms. The molecule has 0 saturated carbocycles. The number of Topliss-reactive ketones (excluding diaryl/α,β-unsaturated/α-hetero) is 1. The first-order chi connectivity index (χ1) is 17.6. The molecule has 11 heteroatoms. The molecular formula is C26H20Cl2F3N3O2S. The Morgan fingerprint density at radius 3 is 2.41 bits per heavy atom. The van der Waals surface area contributed by atoms with Crippen LogP contribution in [0.4, 0.5) is 18.2 Å². The number of nitrogens with one attached hydrogen (secondary N) is 1. The summed E-state index contributed by atoms with van der Waals surface area (Å²) in [6.45, 7) is 2.04. The summed E-state index contributed by atoms with van der Waals surface area (Å²) in [6, 6.07) is 11.6. The fraction of sp³-hybridized carbons (Fsp3) is 0.269. The average molecular weight is 566 g/mol. The molecule has 0 aliphatic carbocycles. The van der Waals surface area contributed by atoms with Gasteiger partial charge in [0.2, 0.25) is 5.78 Å². The molecule has 2 aromatic carbocycles. The van der Waals surface area contributed by atoms with E-state index in [-0.39, 0.29) is 34.0 Å². The SMILES string of the molecule is N#Cc1c(N2CCOCC2)sc(C(=O)C(=N)CCc2ccc(C(F)(F)F)cc2)c1-c1ccc(Cl)cc1Cl. The number of halogens is 5. The lowest BCUT2D eigenvalue weighted by Gasteiger charge is -2.27. The summed E-state index contributed by atoms with van der Waals surface area (Å²) in [7, 11) is 0. The molecule has 0 spiro atoms. The van der Waals surface area contributed by atoms with Crippen molar-refractivity contribution in [2.45, 2.75) is 19.0 Å². The zero-order chi connectivity index (χ0) is 26.7. The van der Waals surface area contributed by atoms with E-state index in [1.54, 1.807) is 12.1 Å². The fourth-order valence-electron chi connectivity index (χ4n) is 4.00. The second-order valence-electron chi connectivity index (χ2n) is 8.32. The number of carbonyl (C=O) groups is 1. The van der Waals surface area contributed by atoms with Crippen molar-refractivity contribution < 1.29 is 22.7 Å². The molecule has 1 aliphatic heterocycles. The smallest absolute Gasteiger partial charge is 0.378 e. The topological polar surface area (TPSA) is 77.2 Å². The Bertz CT molecular complexity index is 1380. The average Bonchev–Trinajstić information content (AvgIpc) is 3.26. The Kier molecular flexibility index (Phi) is 8.24. The number of anilines is 1. The molecule has 4 rings (SSSR count). The van der Waals surface area contributed by atoms with Crippen LogP contribution >= 0.6 is 34.5 Å². The Morgan fingerprint density at radius 1 is 1.14 bits per heavy atom. The van der Waals surface area contributed by atoms with Crippen LogP contribution < -0.4 is 4.90 Å². The summed E-state index contributed by atoms with van der Waals surface area (Å²) in [5, 5.41) is 19.8. The lowest BCUT2D eigenvalue weighted by molar-refractivity contribution is -0.137. The van der Waals surface area contributed by atoms with Crippen LogP contribution in [0.2, 0.25) is 10.0 Å². The Balaban J connectivity index is 1.66. The molecule has 1 aromatic heterocycles. The highest BCUT2D eigenvalue weighted by Crippen LogP contribution is 2.45. The number of benzene rings is 2. The van der Waals surface area contributed by atoms with Gasteiger partial charge < -0.3 is 15.0 Å². The zero-order valence-corrected chi connectivity index (χ0v) is 21.6. The maximum atomic E-state index is 13.5. The standard InChI is InChI=1S/C26H20Cl2F3N3O2S/c27-17-6-7-18(20(28)13-17)22-19(14-32)25(34-9-11-36-12-10-34)37-24(22)23(35)21(33)8-3-15-1-4-16(5-2-15)26(29,30)31/h1-2,4-7,13,33H,3,8-12H2. The Labute approximate surface area is 225 Å². The van der Waals surface area contributed by atoms with E-state index in [1.807, 2.05) is 4.90 Å². The largest absolute Gasteiger partial charge is 0.416 e. The summed E-state index contributed by atoms with van der Waals surface area (Å²) >= 11 is 13.7. The van der Waals surface area contributed by atoms with E-state index in [9.17, 15) is 23.2 Å². The van der Waals surface area contributed by atoms with Crippen LogP contribution in [0.5, 0.6) is 0 Å². The number of hydrogen-bond donors (Lipinski definition) is 1. The number of ether oxygens (including phenoxy) is 1. The summed E-state index contributed by atoms with van der Waals surface area (Å²) < 4.78 is 43.9. The maximum absolute atomic E-state index is 13.5. The van der Waals surface area contributed by atoms with Gasteiger partial charge in [0.25, 0.3) is 0 Å². The van der Waals surface area contributed by atoms with Gasteiger partial charge in [0.1, 0.15) is 11.1 Å². The van der Waals surface area contributed by atoms with Crippen LogP contribution in [0.25, 0.3) is 11.1 Å². The molecule has 1 N–H and O–H groups in total. The number of carbonyl (C=O) groups excluding carboxylic acids is 1. The first kappa shape index (κ1) is 27.1. The number of thiophene rings is 1. The van der Waals surface area contributed by atoms with Crippen molar-refractivity contribution in [3.63, 3.8) is 0 Å². The molecule has 1 aliphatic rings. The highest BCUT2D eigenvalue weighted by molar-refractivity contribution is 7.19. The van der Waals surface area contributed by atoms with Gasteiger partial charge in [-0.1, -0.05) is 41.4 Å². The van der Waals surface area contributed by atoms with Crippen molar-refractivity contribution in [2.75, 3.05) is 31.2 Å². The molecule has 0 amide bonds. The first-order valence-corrected chi connectivity index (χ1v) is 12.8. The summed E-state index contributed by atoms with van der Waals surface area (Å²) in [5.41, 5.74) is 0.687. The number of hydrogen-bond acceptors (Lipinski definition) is 6. The number of morpholine rings is 1. The monoisotopic (exact) mass is 565 g/mol. The van der Waals surface area contributed by atoms with Crippen molar-refractivity contribution in [1.29, 1.82) is 10.7 Å². The highest BCUT2D eigenvalue weighted by atomic mass is 35.5. The second-order valence-corrected chi connectivity index (χ2v) is 10.2. The van der Waals surface area contributed by atoms with Gasteiger partial charge in [0.15, 0.2) is 0 Å². The van der Waals surface area contributed by atoms with Gasteiger partial charge in [-0.25, -0.2) is 0 Å². The molecule has 192 valence electrons. The molecule has 0 radical (unpaired) electrons. The maximum Gasteiger partial charge on any atom is 0.416 e. The summed E-state index contributed by atoms with van der Waals surface area (Å²) in [5.74, 6) is -0.561. The van der Waals surface area contributed by atoms with Crippen LogP contribution in [0, 0.1) is 16.7 Å². The quantitative estimate of drug-likeness (QED) is 0.241. The first-order valence-electron chi connectivity index (χ1n) is 11.2. The summed E-state index contributed by atoms with van der Waals surface area (Å²) in [6.07, 6.45) is -4.20. The van der Waals surface area contributed by atoms with Crippen molar-refractivity contribution in [3.05, 3.63) is 74.1 Å². The van der Waals surface area contributed by atoms with Gasteiger partial charge in [0.05, 0.1) is 34.9 Å². The molecule has 1 fully saturated rings. The van der Waals surface area contributed by atoms with Crippen molar-refractivity contribution >= 4 is 51.0 Å². The Hall–Kier alpha value is -2.90. The van der Waals surface area contributed by atoms with E-state index in [2.05, 4.69) is 6.07 Å². The predicted octanol–water partition coefficient (Wildman–Crippen LogP) is 7.28. The third-order valence-corrected chi connectivity index (χ3v) is 7.72. The van der Waals surface area contributed by atoms with E-state index in [0.29, 0.717) is 53.0 Å². The fourth-order valence-corrected chi connectivity index (χ4v) is 5.79. The molecule has 0 unspecified atom stereocenters. The van der Waals surface area contributed by atoms with E-state index < -0.39 is 17.5 Å². The molecule has 5 nitrogen and oxygen atoms in total.